The van der Waals surface area contributed by atoms with Crippen LogP contribution in [0, 0.1) is 0 Å². The fraction of sp³-hybridized carbons (Fsp3) is 0.385. The van der Waals surface area contributed by atoms with Gasteiger partial charge in [0, 0.05) is 17.1 Å². The van der Waals surface area contributed by atoms with E-state index in [1.165, 1.54) is 0 Å². The first-order valence-corrected chi connectivity index (χ1v) is 5.67. The highest BCUT2D eigenvalue weighted by Crippen LogP contribution is 2.30. The molecule has 2 aromatic rings. The molecule has 1 atom stereocenters. The third kappa shape index (κ3) is 2.40. The first-order valence-electron chi connectivity index (χ1n) is 5.67. The van der Waals surface area contributed by atoms with Gasteiger partial charge in [-0.3, -0.25) is 0 Å². The maximum atomic E-state index is 12.1. The molecule has 0 spiro atoms. The van der Waals surface area contributed by atoms with Crippen LogP contribution < -0.4 is 4.74 Å². The molecule has 0 radical (unpaired) electrons. The lowest BCUT2D eigenvalue weighted by molar-refractivity contribution is -0.0497. The molecule has 0 bridgehead atoms. The van der Waals surface area contributed by atoms with Crippen LogP contribution in [-0.4, -0.2) is 11.6 Å². The van der Waals surface area contributed by atoms with E-state index in [4.69, 9.17) is 0 Å². The topological polar surface area (TPSA) is 25.0 Å². The number of hydrogen-bond acceptors (Lipinski definition) is 1. The van der Waals surface area contributed by atoms with E-state index in [0.717, 1.165) is 22.9 Å². The molecule has 2 nitrogen and oxygen atoms in total. The van der Waals surface area contributed by atoms with Gasteiger partial charge in [0.1, 0.15) is 5.75 Å². The van der Waals surface area contributed by atoms with Crippen molar-refractivity contribution in [2.24, 2.45) is 0 Å². The van der Waals surface area contributed by atoms with Crippen molar-refractivity contribution in [2.75, 3.05) is 0 Å². The van der Waals surface area contributed by atoms with Crippen molar-refractivity contribution in [1.82, 2.24) is 4.98 Å². The van der Waals surface area contributed by atoms with Gasteiger partial charge in [-0.1, -0.05) is 13.8 Å². The van der Waals surface area contributed by atoms with Crippen molar-refractivity contribution >= 4 is 10.9 Å². The summed E-state index contributed by atoms with van der Waals surface area (Å²) in [5.41, 5.74) is 2.09. The van der Waals surface area contributed by atoms with Gasteiger partial charge < -0.3 is 9.72 Å². The summed E-state index contributed by atoms with van der Waals surface area (Å²) in [6.45, 7) is 1.44. The first kappa shape index (κ1) is 11.9. The fourth-order valence-electron chi connectivity index (χ4n) is 1.93. The summed E-state index contributed by atoms with van der Waals surface area (Å²) in [6.07, 6.45) is 2.94. The Morgan fingerprint density at radius 3 is 2.76 bits per heavy atom. The Morgan fingerprint density at radius 1 is 1.35 bits per heavy atom. The molecule has 0 saturated heterocycles. The van der Waals surface area contributed by atoms with Gasteiger partial charge >= 0.3 is 6.61 Å². The molecule has 4 heteroatoms. The molecule has 1 aromatic heterocycles. The minimum Gasteiger partial charge on any atom is -0.435 e. The number of benzene rings is 1. The van der Waals surface area contributed by atoms with Crippen molar-refractivity contribution in [3.63, 3.8) is 0 Å². The van der Waals surface area contributed by atoms with Gasteiger partial charge in [0.05, 0.1) is 0 Å². The van der Waals surface area contributed by atoms with E-state index in [-0.39, 0.29) is 5.75 Å². The molecular weight excluding hydrogens is 224 g/mol. The molecule has 0 amide bonds. The van der Waals surface area contributed by atoms with Gasteiger partial charge in [-0.2, -0.15) is 8.78 Å². The summed E-state index contributed by atoms with van der Waals surface area (Å²) in [6, 6.07) is 4.98. The van der Waals surface area contributed by atoms with E-state index < -0.39 is 6.61 Å². The Labute approximate surface area is 98.6 Å². The second kappa shape index (κ2) is 4.73. The Morgan fingerprint density at radius 2 is 2.12 bits per heavy atom. The average Bonchev–Trinajstić information content (AvgIpc) is 2.70. The van der Waals surface area contributed by atoms with Gasteiger partial charge in [-0.15, -0.1) is 0 Å². The number of alkyl halides is 2. The molecule has 0 fully saturated rings. The first-order chi connectivity index (χ1) is 8.11. The molecule has 92 valence electrons. The summed E-state index contributed by atoms with van der Waals surface area (Å²) in [5, 5.41) is 0.956. The number of aromatic amines is 1. The van der Waals surface area contributed by atoms with E-state index in [0.29, 0.717) is 5.92 Å². The summed E-state index contributed by atoms with van der Waals surface area (Å²) >= 11 is 0. The van der Waals surface area contributed by atoms with Crippen LogP contribution in [0.5, 0.6) is 5.75 Å². The maximum Gasteiger partial charge on any atom is 0.387 e. The molecule has 0 aliphatic heterocycles. The van der Waals surface area contributed by atoms with E-state index in [9.17, 15) is 8.78 Å². The Kier molecular flexibility index (Phi) is 3.31. The predicted octanol–water partition coefficient (Wildman–Crippen LogP) is 4.28. The highest BCUT2D eigenvalue weighted by molar-refractivity contribution is 5.85. The van der Waals surface area contributed by atoms with Gasteiger partial charge in [0.15, 0.2) is 0 Å². The van der Waals surface area contributed by atoms with Gasteiger partial charge in [-0.25, -0.2) is 0 Å². The molecular formula is C13H15F2NO. The zero-order chi connectivity index (χ0) is 12.4. The Bertz CT molecular complexity index is 507. The quantitative estimate of drug-likeness (QED) is 0.846. The fourth-order valence-corrected chi connectivity index (χ4v) is 1.93. The highest BCUT2D eigenvalue weighted by Gasteiger charge is 2.11. The number of fused-ring (bicyclic) bond motifs is 1. The number of nitrogens with one attached hydrogen (secondary N) is 1. The minimum absolute atomic E-state index is 0.205. The third-order valence-electron chi connectivity index (χ3n) is 3.05. The van der Waals surface area contributed by atoms with E-state index in [1.54, 1.807) is 18.2 Å². The molecule has 0 aliphatic rings. The minimum atomic E-state index is -2.78. The van der Waals surface area contributed by atoms with Crippen LogP contribution in [0.25, 0.3) is 10.9 Å². The standard InChI is InChI=1S/C13H15F2NO/c1-3-8(2)11-7-16-12-5-4-9(6-10(11)12)17-13(14)15/h4-8,13,16H,3H2,1-2H3. The predicted molar refractivity (Wildman–Crippen MR) is 63.6 cm³/mol. The van der Waals surface area contributed by atoms with E-state index >= 15 is 0 Å². The normalized spacial score (nSPS) is 13.2. The van der Waals surface area contributed by atoms with Gasteiger partial charge in [0.2, 0.25) is 0 Å². The summed E-state index contributed by atoms with van der Waals surface area (Å²) in [4.78, 5) is 3.14. The monoisotopic (exact) mass is 239 g/mol. The molecule has 1 N–H and O–H groups in total. The SMILES string of the molecule is CCC(C)c1c[nH]c2ccc(OC(F)F)cc12. The van der Waals surface area contributed by atoms with Crippen molar-refractivity contribution in [3.05, 3.63) is 30.0 Å². The molecule has 17 heavy (non-hydrogen) atoms. The zero-order valence-electron chi connectivity index (χ0n) is 9.84. The molecule has 2 rings (SSSR count). The molecule has 0 saturated carbocycles. The third-order valence-corrected chi connectivity index (χ3v) is 3.05. The second-order valence-corrected chi connectivity index (χ2v) is 4.14. The maximum absolute atomic E-state index is 12.1. The second-order valence-electron chi connectivity index (χ2n) is 4.14. The number of aromatic nitrogens is 1. The van der Waals surface area contributed by atoms with Crippen molar-refractivity contribution in [2.45, 2.75) is 32.8 Å². The number of ether oxygens (including phenoxy) is 1. The van der Waals surface area contributed by atoms with Gasteiger partial charge in [0.25, 0.3) is 0 Å². The molecule has 1 aromatic carbocycles. The van der Waals surface area contributed by atoms with Crippen LogP contribution in [0.2, 0.25) is 0 Å². The number of rotatable bonds is 4. The van der Waals surface area contributed by atoms with Crippen molar-refractivity contribution in [3.8, 4) is 5.75 Å². The van der Waals surface area contributed by atoms with Crippen molar-refractivity contribution < 1.29 is 13.5 Å². The van der Waals surface area contributed by atoms with Crippen LogP contribution in [-0.2, 0) is 0 Å². The number of H-pyrrole nitrogens is 1. The number of hydrogen-bond donors (Lipinski definition) is 1. The van der Waals surface area contributed by atoms with E-state index in [2.05, 4.69) is 23.6 Å². The van der Waals surface area contributed by atoms with Crippen LogP contribution in [0.1, 0.15) is 31.7 Å². The Hall–Kier alpha value is -1.58. The zero-order valence-corrected chi connectivity index (χ0v) is 9.84. The summed E-state index contributed by atoms with van der Waals surface area (Å²) in [5.74, 6) is 0.599. The van der Waals surface area contributed by atoms with Crippen LogP contribution in [0.4, 0.5) is 8.78 Å². The van der Waals surface area contributed by atoms with Crippen LogP contribution in [0.3, 0.4) is 0 Å². The smallest absolute Gasteiger partial charge is 0.387 e. The Balaban J connectivity index is 2.43. The molecule has 1 unspecified atom stereocenters. The number of halogens is 2. The summed E-state index contributed by atoms with van der Waals surface area (Å²) < 4.78 is 28.7. The summed E-state index contributed by atoms with van der Waals surface area (Å²) in [7, 11) is 0. The molecule has 0 aliphatic carbocycles. The van der Waals surface area contributed by atoms with Crippen LogP contribution >= 0.6 is 0 Å². The average molecular weight is 239 g/mol. The lowest BCUT2D eigenvalue weighted by Crippen LogP contribution is -2.01. The highest BCUT2D eigenvalue weighted by atomic mass is 19.3. The largest absolute Gasteiger partial charge is 0.435 e. The lowest BCUT2D eigenvalue weighted by atomic mass is 9.98. The van der Waals surface area contributed by atoms with E-state index in [1.807, 2.05) is 6.20 Å². The lowest BCUT2D eigenvalue weighted by Gasteiger charge is -2.08. The van der Waals surface area contributed by atoms with Gasteiger partial charge in [-0.05, 0) is 36.1 Å². The molecule has 1 heterocycles. The van der Waals surface area contributed by atoms with Crippen molar-refractivity contribution in [1.29, 1.82) is 0 Å². The van der Waals surface area contributed by atoms with Crippen LogP contribution in [0.15, 0.2) is 24.4 Å².